The van der Waals surface area contributed by atoms with Gasteiger partial charge in [-0.25, -0.2) is 0 Å². The SMILES string of the molecule is C[C@]1(CCl)CC(=O)N1. The molecule has 1 atom stereocenters. The Bertz CT molecular complexity index is 116. The van der Waals surface area contributed by atoms with E-state index in [1.807, 2.05) is 6.92 Å². The average Bonchev–Trinajstić information content (AvgIpc) is 1.63. The molecule has 1 N–H and O–H groups in total. The van der Waals surface area contributed by atoms with Gasteiger partial charge in [-0.1, -0.05) is 0 Å². The van der Waals surface area contributed by atoms with Crippen LogP contribution in [0, 0.1) is 0 Å². The highest BCUT2D eigenvalue weighted by molar-refractivity contribution is 6.19. The number of nitrogens with one attached hydrogen (secondary N) is 1. The van der Waals surface area contributed by atoms with E-state index in [9.17, 15) is 4.79 Å². The summed E-state index contributed by atoms with van der Waals surface area (Å²) >= 11 is 5.50. The van der Waals surface area contributed by atoms with Crippen molar-refractivity contribution in [3.63, 3.8) is 0 Å². The van der Waals surface area contributed by atoms with Crippen molar-refractivity contribution in [1.29, 1.82) is 0 Å². The first-order valence-corrected chi connectivity index (χ1v) is 3.07. The molecule has 0 aromatic carbocycles. The molecule has 0 aromatic heterocycles. The molecule has 8 heavy (non-hydrogen) atoms. The molecular formula is C5H8ClNO. The van der Waals surface area contributed by atoms with E-state index in [-0.39, 0.29) is 11.4 Å². The molecule has 0 saturated carbocycles. The third-order valence-electron chi connectivity index (χ3n) is 1.29. The normalized spacial score (nSPS) is 36.0. The first-order chi connectivity index (χ1) is 3.66. The summed E-state index contributed by atoms with van der Waals surface area (Å²) in [5, 5.41) is 2.70. The average molecular weight is 134 g/mol. The Morgan fingerprint density at radius 2 is 2.50 bits per heavy atom. The van der Waals surface area contributed by atoms with Crippen molar-refractivity contribution in [2.75, 3.05) is 5.88 Å². The van der Waals surface area contributed by atoms with Crippen molar-refractivity contribution < 1.29 is 4.79 Å². The highest BCUT2D eigenvalue weighted by Gasteiger charge is 2.36. The van der Waals surface area contributed by atoms with Gasteiger partial charge in [-0.15, -0.1) is 11.6 Å². The minimum Gasteiger partial charge on any atom is -0.349 e. The zero-order chi connectivity index (χ0) is 6.20. The number of halogens is 1. The van der Waals surface area contributed by atoms with Gasteiger partial charge in [0, 0.05) is 5.88 Å². The van der Waals surface area contributed by atoms with Crippen LogP contribution in [-0.2, 0) is 4.79 Å². The summed E-state index contributed by atoms with van der Waals surface area (Å²) in [7, 11) is 0. The molecule has 1 heterocycles. The van der Waals surface area contributed by atoms with Crippen LogP contribution in [-0.4, -0.2) is 17.3 Å². The molecule has 0 bridgehead atoms. The van der Waals surface area contributed by atoms with E-state index in [0.717, 1.165) is 0 Å². The number of hydrogen-bond donors (Lipinski definition) is 1. The predicted octanol–water partition coefficient (Wildman–Crippen LogP) is 0.504. The lowest BCUT2D eigenvalue weighted by Crippen LogP contribution is -2.60. The van der Waals surface area contributed by atoms with Crippen LogP contribution >= 0.6 is 11.6 Å². The van der Waals surface area contributed by atoms with Crippen LogP contribution in [0.1, 0.15) is 13.3 Å². The Labute approximate surface area is 53.2 Å². The van der Waals surface area contributed by atoms with Gasteiger partial charge in [0.15, 0.2) is 0 Å². The van der Waals surface area contributed by atoms with Gasteiger partial charge in [-0.3, -0.25) is 4.79 Å². The van der Waals surface area contributed by atoms with E-state index in [1.54, 1.807) is 0 Å². The van der Waals surface area contributed by atoms with Crippen LogP contribution in [0.2, 0.25) is 0 Å². The molecule has 1 amide bonds. The van der Waals surface area contributed by atoms with Crippen molar-refractivity contribution in [2.24, 2.45) is 0 Å². The van der Waals surface area contributed by atoms with E-state index in [4.69, 9.17) is 11.6 Å². The monoisotopic (exact) mass is 133 g/mol. The molecule has 1 aliphatic heterocycles. The summed E-state index contributed by atoms with van der Waals surface area (Å²) in [5.41, 5.74) is -0.0986. The Hall–Kier alpha value is -0.240. The summed E-state index contributed by atoms with van der Waals surface area (Å²) in [6.07, 6.45) is 0.580. The van der Waals surface area contributed by atoms with Crippen LogP contribution in [0.15, 0.2) is 0 Å². The molecule has 1 saturated heterocycles. The van der Waals surface area contributed by atoms with Gasteiger partial charge < -0.3 is 5.32 Å². The van der Waals surface area contributed by atoms with Gasteiger partial charge in [0.05, 0.1) is 12.0 Å². The number of carbonyl (C=O) groups excluding carboxylic acids is 1. The third kappa shape index (κ3) is 0.802. The number of amides is 1. The quantitative estimate of drug-likeness (QED) is 0.410. The van der Waals surface area contributed by atoms with Gasteiger partial charge in [0.2, 0.25) is 5.91 Å². The zero-order valence-corrected chi connectivity index (χ0v) is 5.46. The van der Waals surface area contributed by atoms with Gasteiger partial charge in [-0.05, 0) is 6.92 Å². The second-order valence-electron chi connectivity index (χ2n) is 2.42. The number of alkyl halides is 1. The molecule has 0 unspecified atom stereocenters. The Morgan fingerprint density at radius 3 is 2.62 bits per heavy atom. The minimum atomic E-state index is -0.0986. The van der Waals surface area contributed by atoms with E-state index < -0.39 is 0 Å². The summed E-state index contributed by atoms with van der Waals surface area (Å²) in [6, 6.07) is 0. The van der Waals surface area contributed by atoms with Gasteiger partial charge in [0.1, 0.15) is 0 Å². The van der Waals surface area contributed by atoms with Crippen molar-refractivity contribution in [3.8, 4) is 0 Å². The number of carbonyl (C=O) groups is 1. The van der Waals surface area contributed by atoms with Crippen LogP contribution < -0.4 is 5.32 Å². The fraction of sp³-hybridized carbons (Fsp3) is 0.800. The van der Waals surface area contributed by atoms with E-state index in [0.29, 0.717) is 12.3 Å². The molecule has 1 fully saturated rings. The minimum absolute atomic E-state index is 0.0986. The second kappa shape index (κ2) is 1.62. The number of rotatable bonds is 1. The van der Waals surface area contributed by atoms with Crippen LogP contribution in [0.3, 0.4) is 0 Å². The molecule has 1 aliphatic rings. The fourth-order valence-electron chi connectivity index (χ4n) is 0.753. The first-order valence-electron chi connectivity index (χ1n) is 2.53. The molecular weight excluding hydrogens is 126 g/mol. The Balaban J connectivity index is 2.40. The number of β-lactam (4-membered cyclic amide) rings is 1. The topological polar surface area (TPSA) is 29.1 Å². The van der Waals surface area contributed by atoms with Crippen LogP contribution in [0.4, 0.5) is 0 Å². The molecule has 1 rings (SSSR count). The smallest absolute Gasteiger partial charge is 0.222 e. The summed E-state index contributed by atoms with van der Waals surface area (Å²) in [6.45, 7) is 1.93. The predicted molar refractivity (Wildman–Crippen MR) is 31.9 cm³/mol. The fourth-order valence-corrected chi connectivity index (χ4v) is 0.915. The third-order valence-corrected chi connectivity index (χ3v) is 1.88. The largest absolute Gasteiger partial charge is 0.349 e. The lowest BCUT2D eigenvalue weighted by Gasteiger charge is -2.36. The van der Waals surface area contributed by atoms with Crippen LogP contribution in [0.5, 0.6) is 0 Å². The lowest BCUT2D eigenvalue weighted by molar-refractivity contribution is -0.131. The van der Waals surface area contributed by atoms with Gasteiger partial charge >= 0.3 is 0 Å². The highest BCUT2D eigenvalue weighted by Crippen LogP contribution is 2.19. The molecule has 0 radical (unpaired) electrons. The van der Waals surface area contributed by atoms with Crippen molar-refractivity contribution in [2.45, 2.75) is 18.9 Å². The Kier molecular flexibility index (Phi) is 1.19. The van der Waals surface area contributed by atoms with E-state index in [1.165, 1.54) is 0 Å². The standard InChI is InChI=1S/C5H8ClNO/c1-5(3-6)2-4(8)7-5/h2-3H2,1H3,(H,7,8)/t5-/m1/s1. The summed E-state index contributed by atoms with van der Waals surface area (Å²) in [4.78, 5) is 10.3. The maximum atomic E-state index is 10.3. The zero-order valence-electron chi connectivity index (χ0n) is 4.70. The molecule has 0 spiro atoms. The van der Waals surface area contributed by atoms with Crippen LogP contribution in [0.25, 0.3) is 0 Å². The first kappa shape index (κ1) is 5.89. The van der Waals surface area contributed by atoms with E-state index >= 15 is 0 Å². The molecule has 46 valence electrons. The molecule has 2 nitrogen and oxygen atoms in total. The Morgan fingerprint density at radius 1 is 2.00 bits per heavy atom. The van der Waals surface area contributed by atoms with Gasteiger partial charge in [-0.2, -0.15) is 0 Å². The van der Waals surface area contributed by atoms with Crippen molar-refractivity contribution in [3.05, 3.63) is 0 Å². The number of hydrogen-bond acceptors (Lipinski definition) is 1. The van der Waals surface area contributed by atoms with Crippen molar-refractivity contribution >= 4 is 17.5 Å². The highest BCUT2D eigenvalue weighted by atomic mass is 35.5. The molecule has 3 heteroatoms. The maximum Gasteiger partial charge on any atom is 0.222 e. The van der Waals surface area contributed by atoms with Gasteiger partial charge in [0.25, 0.3) is 0 Å². The van der Waals surface area contributed by atoms with Crippen molar-refractivity contribution in [1.82, 2.24) is 5.32 Å². The second-order valence-corrected chi connectivity index (χ2v) is 2.69. The lowest BCUT2D eigenvalue weighted by atomic mass is 9.92. The molecule has 0 aliphatic carbocycles. The summed E-state index contributed by atoms with van der Waals surface area (Å²) in [5.74, 6) is 0.617. The van der Waals surface area contributed by atoms with E-state index in [2.05, 4.69) is 5.32 Å². The summed E-state index contributed by atoms with van der Waals surface area (Å²) < 4.78 is 0. The molecule has 0 aromatic rings. The maximum absolute atomic E-state index is 10.3.